The Kier molecular flexibility index (Phi) is 4.80. The summed E-state index contributed by atoms with van der Waals surface area (Å²) in [6.07, 6.45) is 7.42. The molecule has 1 saturated carbocycles. The van der Waals surface area contributed by atoms with Gasteiger partial charge in [-0.3, -0.25) is 0 Å². The van der Waals surface area contributed by atoms with Crippen molar-refractivity contribution in [2.24, 2.45) is 5.92 Å². The van der Waals surface area contributed by atoms with Crippen molar-refractivity contribution in [2.45, 2.75) is 63.8 Å². The summed E-state index contributed by atoms with van der Waals surface area (Å²) in [7, 11) is 0. The molecule has 1 unspecified atom stereocenters. The summed E-state index contributed by atoms with van der Waals surface area (Å²) >= 11 is 0. The molecule has 0 amide bonds. The fourth-order valence-corrected chi connectivity index (χ4v) is 2.79. The molecule has 2 fully saturated rings. The van der Waals surface area contributed by atoms with Gasteiger partial charge in [0.15, 0.2) is 12.4 Å². The maximum Gasteiger partial charge on any atom is 0.333 e. The van der Waals surface area contributed by atoms with E-state index in [1.165, 1.54) is 6.42 Å². The minimum atomic E-state index is -0.828. The number of hydrogen-bond acceptors (Lipinski definition) is 3. The van der Waals surface area contributed by atoms with E-state index in [1.54, 1.807) is 0 Å². The van der Waals surface area contributed by atoms with Crippen LogP contribution in [0.5, 0.6) is 0 Å². The molecule has 4 nitrogen and oxygen atoms in total. The van der Waals surface area contributed by atoms with E-state index in [0.717, 1.165) is 44.9 Å². The quantitative estimate of drug-likeness (QED) is 0.823. The predicted molar refractivity (Wildman–Crippen MR) is 62.7 cm³/mol. The van der Waals surface area contributed by atoms with Crippen LogP contribution in [-0.4, -0.2) is 30.1 Å². The normalized spacial score (nSPS) is 28.8. The topological polar surface area (TPSA) is 55.8 Å². The highest BCUT2D eigenvalue weighted by Crippen LogP contribution is 2.30. The van der Waals surface area contributed by atoms with Gasteiger partial charge >= 0.3 is 5.97 Å². The lowest BCUT2D eigenvalue weighted by molar-refractivity contribution is -0.210. The monoisotopic (exact) mass is 242 g/mol. The Morgan fingerprint density at radius 1 is 1.12 bits per heavy atom. The first-order valence-corrected chi connectivity index (χ1v) is 6.77. The molecule has 1 aliphatic heterocycles. The largest absolute Gasteiger partial charge is 0.479 e. The summed E-state index contributed by atoms with van der Waals surface area (Å²) in [5.74, 6) is -0.655. The van der Waals surface area contributed by atoms with Crippen molar-refractivity contribution in [3.8, 4) is 0 Å². The van der Waals surface area contributed by atoms with Crippen LogP contribution in [0, 0.1) is 5.92 Å². The standard InChI is InChI=1S/C13H22O4/c14-13(15)12(10-6-2-1-3-7-10)17-11-8-4-5-9-16-11/h10-12H,1-9H2,(H,14,15)/t11?,12-/m1/s1. The second-order valence-corrected chi connectivity index (χ2v) is 5.09. The Labute approximate surface area is 102 Å². The van der Waals surface area contributed by atoms with Crippen LogP contribution >= 0.6 is 0 Å². The van der Waals surface area contributed by atoms with Crippen LogP contribution in [0.2, 0.25) is 0 Å². The van der Waals surface area contributed by atoms with E-state index >= 15 is 0 Å². The van der Waals surface area contributed by atoms with Crippen LogP contribution in [0.3, 0.4) is 0 Å². The SMILES string of the molecule is O=C(O)[C@H](OC1CCCCO1)C1CCCCC1. The van der Waals surface area contributed by atoms with Crippen LogP contribution in [0.25, 0.3) is 0 Å². The Morgan fingerprint density at radius 3 is 2.41 bits per heavy atom. The van der Waals surface area contributed by atoms with Gasteiger partial charge in [-0.05, 0) is 38.0 Å². The Morgan fingerprint density at radius 2 is 1.82 bits per heavy atom. The molecule has 2 atom stereocenters. The third-order valence-electron chi connectivity index (χ3n) is 3.76. The zero-order valence-corrected chi connectivity index (χ0v) is 10.3. The predicted octanol–water partition coefficient (Wildman–Crippen LogP) is 2.56. The first-order chi connectivity index (χ1) is 8.27. The molecule has 0 spiro atoms. The van der Waals surface area contributed by atoms with E-state index < -0.39 is 12.1 Å². The zero-order chi connectivity index (χ0) is 12.1. The van der Waals surface area contributed by atoms with E-state index in [9.17, 15) is 9.90 Å². The molecule has 0 bridgehead atoms. The number of ether oxygens (including phenoxy) is 2. The van der Waals surface area contributed by atoms with Gasteiger partial charge in [-0.1, -0.05) is 19.3 Å². The van der Waals surface area contributed by atoms with Crippen molar-refractivity contribution in [3.05, 3.63) is 0 Å². The fourth-order valence-electron chi connectivity index (χ4n) is 2.79. The molecule has 1 saturated heterocycles. The molecular weight excluding hydrogens is 220 g/mol. The second kappa shape index (κ2) is 6.36. The van der Waals surface area contributed by atoms with E-state index in [2.05, 4.69) is 0 Å². The van der Waals surface area contributed by atoms with Crippen LogP contribution in [0.1, 0.15) is 51.4 Å². The average molecular weight is 242 g/mol. The molecule has 2 aliphatic rings. The van der Waals surface area contributed by atoms with Crippen molar-refractivity contribution < 1.29 is 19.4 Å². The molecule has 4 heteroatoms. The third-order valence-corrected chi connectivity index (χ3v) is 3.76. The number of carbonyl (C=O) groups is 1. The number of rotatable bonds is 4. The minimum absolute atomic E-state index is 0.173. The summed E-state index contributed by atoms with van der Waals surface area (Å²) in [6, 6.07) is 0. The van der Waals surface area contributed by atoms with Gasteiger partial charge in [0, 0.05) is 6.61 Å². The molecular formula is C13H22O4. The summed E-state index contributed by atoms with van der Waals surface area (Å²) < 4.78 is 11.1. The molecule has 2 rings (SSSR count). The molecule has 1 heterocycles. The lowest BCUT2D eigenvalue weighted by Crippen LogP contribution is -2.38. The first-order valence-electron chi connectivity index (χ1n) is 6.77. The van der Waals surface area contributed by atoms with Crippen LogP contribution in [-0.2, 0) is 14.3 Å². The fraction of sp³-hybridized carbons (Fsp3) is 0.923. The summed E-state index contributed by atoms with van der Waals surface area (Å²) in [6.45, 7) is 0.696. The summed E-state index contributed by atoms with van der Waals surface area (Å²) in [4.78, 5) is 11.3. The molecule has 0 aromatic heterocycles. The van der Waals surface area contributed by atoms with Gasteiger partial charge in [0.05, 0.1) is 0 Å². The van der Waals surface area contributed by atoms with E-state index in [4.69, 9.17) is 9.47 Å². The van der Waals surface area contributed by atoms with Crippen LogP contribution in [0.4, 0.5) is 0 Å². The highest BCUT2D eigenvalue weighted by Gasteiger charge is 2.33. The maximum absolute atomic E-state index is 11.3. The van der Waals surface area contributed by atoms with Gasteiger partial charge in [0.25, 0.3) is 0 Å². The van der Waals surface area contributed by atoms with Gasteiger partial charge in [0.1, 0.15) is 0 Å². The zero-order valence-electron chi connectivity index (χ0n) is 10.3. The van der Waals surface area contributed by atoms with Crippen molar-refractivity contribution in [1.82, 2.24) is 0 Å². The van der Waals surface area contributed by atoms with Crippen molar-refractivity contribution in [2.75, 3.05) is 6.61 Å². The molecule has 1 aliphatic carbocycles. The smallest absolute Gasteiger partial charge is 0.333 e. The molecule has 0 aromatic rings. The highest BCUT2D eigenvalue weighted by atomic mass is 16.7. The van der Waals surface area contributed by atoms with Crippen molar-refractivity contribution in [1.29, 1.82) is 0 Å². The summed E-state index contributed by atoms with van der Waals surface area (Å²) in [5.41, 5.74) is 0. The molecule has 1 N–H and O–H groups in total. The van der Waals surface area contributed by atoms with E-state index in [0.29, 0.717) is 6.61 Å². The Bertz CT molecular complexity index is 242. The highest BCUT2D eigenvalue weighted by molar-refractivity contribution is 5.72. The lowest BCUT2D eigenvalue weighted by Gasteiger charge is -2.31. The lowest BCUT2D eigenvalue weighted by atomic mass is 9.85. The summed E-state index contributed by atoms with van der Waals surface area (Å²) in [5, 5.41) is 9.28. The Hall–Kier alpha value is -0.610. The van der Waals surface area contributed by atoms with Gasteiger partial charge in [-0.15, -0.1) is 0 Å². The first kappa shape index (κ1) is 12.8. The Balaban J connectivity index is 1.88. The second-order valence-electron chi connectivity index (χ2n) is 5.09. The number of carboxylic acid groups (broad SMARTS) is 1. The van der Waals surface area contributed by atoms with E-state index in [-0.39, 0.29) is 12.2 Å². The van der Waals surface area contributed by atoms with Crippen LogP contribution in [0.15, 0.2) is 0 Å². The van der Waals surface area contributed by atoms with Gasteiger partial charge in [-0.2, -0.15) is 0 Å². The van der Waals surface area contributed by atoms with Gasteiger partial charge < -0.3 is 14.6 Å². The molecule has 0 radical (unpaired) electrons. The van der Waals surface area contributed by atoms with Gasteiger partial charge in [0.2, 0.25) is 0 Å². The van der Waals surface area contributed by atoms with Crippen molar-refractivity contribution >= 4 is 5.97 Å². The van der Waals surface area contributed by atoms with Crippen LogP contribution < -0.4 is 0 Å². The maximum atomic E-state index is 11.3. The molecule has 98 valence electrons. The number of carboxylic acids is 1. The van der Waals surface area contributed by atoms with E-state index in [1.807, 2.05) is 0 Å². The molecule has 17 heavy (non-hydrogen) atoms. The van der Waals surface area contributed by atoms with Crippen molar-refractivity contribution in [3.63, 3.8) is 0 Å². The number of hydrogen-bond donors (Lipinski definition) is 1. The van der Waals surface area contributed by atoms with Gasteiger partial charge in [-0.25, -0.2) is 4.79 Å². The third kappa shape index (κ3) is 3.68. The number of aliphatic carboxylic acids is 1. The minimum Gasteiger partial charge on any atom is -0.479 e. The average Bonchev–Trinajstić information content (AvgIpc) is 2.38. The molecule has 0 aromatic carbocycles.